The number of rotatable bonds is 6. The molecule has 2 aromatic carbocycles. The minimum absolute atomic E-state index is 0.116. The molecule has 1 N–H and O–H groups in total. The van der Waals surface area contributed by atoms with Crippen molar-refractivity contribution in [1.29, 1.82) is 0 Å². The van der Waals surface area contributed by atoms with Crippen molar-refractivity contribution in [3.63, 3.8) is 0 Å². The average molecular weight is 349 g/mol. The summed E-state index contributed by atoms with van der Waals surface area (Å²) in [5, 5.41) is 3.92. The number of amides is 1. The van der Waals surface area contributed by atoms with E-state index in [9.17, 15) is 9.18 Å². The number of hydrogen-bond acceptors (Lipinski definition) is 3. The molecule has 0 saturated carbocycles. The second-order valence-corrected chi connectivity index (χ2v) is 5.82. The Labute approximate surface area is 145 Å². The van der Waals surface area contributed by atoms with Crippen molar-refractivity contribution < 1.29 is 13.9 Å². The van der Waals surface area contributed by atoms with Gasteiger partial charge in [0.15, 0.2) is 6.61 Å². The van der Waals surface area contributed by atoms with Gasteiger partial charge in [0.1, 0.15) is 11.6 Å². The smallest absolute Gasteiger partial charge is 0.277 e. The lowest BCUT2D eigenvalue weighted by atomic mass is 10.0. The van der Waals surface area contributed by atoms with Crippen molar-refractivity contribution in [2.45, 2.75) is 19.8 Å². The highest BCUT2D eigenvalue weighted by Gasteiger charge is 2.09. The number of nitrogens with zero attached hydrogens (tertiary/aromatic N) is 1. The van der Waals surface area contributed by atoms with Crippen LogP contribution in [0.5, 0.6) is 5.75 Å². The van der Waals surface area contributed by atoms with Crippen LogP contribution in [0.1, 0.15) is 30.9 Å². The molecule has 24 heavy (non-hydrogen) atoms. The first-order valence-electron chi connectivity index (χ1n) is 7.46. The Hall–Kier alpha value is -2.40. The Morgan fingerprint density at radius 1 is 1.29 bits per heavy atom. The van der Waals surface area contributed by atoms with Gasteiger partial charge in [0.05, 0.1) is 11.2 Å². The summed E-state index contributed by atoms with van der Waals surface area (Å²) < 4.78 is 19.1. The molecule has 0 radical (unpaired) electrons. The third kappa shape index (κ3) is 4.80. The zero-order valence-corrected chi connectivity index (χ0v) is 14.2. The fraction of sp³-hybridized carbons (Fsp3) is 0.222. The normalized spacial score (nSPS) is 11.0. The van der Waals surface area contributed by atoms with Gasteiger partial charge in [0.2, 0.25) is 0 Å². The van der Waals surface area contributed by atoms with Crippen molar-refractivity contribution >= 4 is 23.7 Å². The van der Waals surface area contributed by atoms with Crippen molar-refractivity contribution in [1.82, 2.24) is 5.43 Å². The number of ether oxygens (including phenoxy) is 1. The van der Waals surface area contributed by atoms with E-state index in [-0.39, 0.29) is 23.1 Å². The van der Waals surface area contributed by atoms with Crippen LogP contribution in [0.2, 0.25) is 5.02 Å². The largest absolute Gasteiger partial charge is 0.483 e. The van der Waals surface area contributed by atoms with Crippen LogP contribution in [0.3, 0.4) is 0 Å². The molecular formula is C18H18ClFN2O2. The molecule has 0 aromatic heterocycles. The molecule has 4 nitrogen and oxygen atoms in total. The summed E-state index contributed by atoms with van der Waals surface area (Å²) in [6.07, 6.45) is 1.16. The Morgan fingerprint density at radius 3 is 2.75 bits per heavy atom. The Bertz CT molecular complexity index is 727. The molecule has 2 aromatic rings. The lowest BCUT2D eigenvalue weighted by Gasteiger charge is -2.13. The SMILES string of the molecule is CC(C)c1ccccc1OCC(=O)N/N=C/c1c(F)cccc1Cl. The van der Waals surface area contributed by atoms with E-state index in [1.807, 2.05) is 38.1 Å². The minimum Gasteiger partial charge on any atom is -0.483 e. The van der Waals surface area contributed by atoms with Crippen molar-refractivity contribution in [3.8, 4) is 5.75 Å². The van der Waals surface area contributed by atoms with Crippen molar-refractivity contribution in [2.24, 2.45) is 5.10 Å². The van der Waals surface area contributed by atoms with Gasteiger partial charge in [0.25, 0.3) is 5.91 Å². The molecule has 0 aliphatic heterocycles. The van der Waals surface area contributed by atoms with E-state index in [0.29, 0.717) is 5.75 Å². The molecule has 126 valence electrons. The molecule has 0 bridgehead atoms. The maximum Gasteiger partial charge on any atom is 0.277 e. The summed E-state index contributed by atoms with van der Waals surface area (Å²) in [6.45, 7) is 3.90. The third-order valence-electron chi connectivity index (χ3n) is 3.28. The Morgan fingerprint density at radius 2 is 2.04 bits per heavy atom. The lowest BCUT2D eigenvalue weighted by Crippen LogP contribution is -2.25. The molecule has 0 spiro atoms. The van der Waals surface area contributed by atoms with Gasteiger partial charge in [-0.25, -0.2) is 9.82 Å². The second-order valence-electron chi connectivity index (χ2n) is 5.41. The highest BCUT2D eigenvalue weighted by atomic mass is 35.5. The topological polar surface area (TPSA) is 50.7 Å². The van der Waals surface area contributed by atoms with Crippen LogP contribution in [0.15, 0.2) is 47.6 Å². The number of hydrogen-bond donors (Lipinski definition) is 1. The van der Waals surface area contributed by atoms with Crippen LogP contribution in [-0.2, 0) is 4.79 Å². The highest BCUT2D eigenvalue weighted by Crippen LogP contribution is 2.25. The van der Waals surface area contributed by atoms with Gasteiger partial charge in [-0.15, -0.1) is 0 Å². The van der Waals surface area contributed by atoms with Gasteiger partial charge in [-0.1, -0.05) is 49.7 Å². The van der Waals surface area contributed by atoms with Crippen LogP contribution in [-0.4, -0.2) is 18.7 Å². The first-order chi connectivity index (χ1) is 11.5. The maximum absolute atomic E-state index is 13.6. The molecule has 0 aliphatic carbocycles. The molecule has 0 atom stereocenters. The predicted molar refractivity (Wildman–Crippen MR) is 93.2 cm³/mol. The quantitative estimate of drug-likeness (QED) is 0.630. The average Bonchev–Trinajstić information content (AvgIpc) is 2.56. The zero-order valence-electron chi connectivity index (χ0n) is 13.4. The Kier molecular flexibility index (Phi) is 6.32. The van der Waals surface area contributed by atoms with Gasteiger partial charge in [0, 0.05) is 5.56 Å². The molecule has 0 saturated heterocycles. The maximum atomic E-state index is 13.6. The van der Waals surface area contributed by atoms with Crippen LogP contribution < -0.4 is 10.2 Å². The van der Waals surface area contributed by atoms with Gasteiger partial charge >= 0.3 is 0 Å². The number of nitrogens with one attached hydrogen (secondary N) is 1. The van der Waals surface area contributed by atoms with Gasteiger partial charge in [-0.3, -0.25) is 4.79 Å². The summed E-state index contributed by atoms with van der Waals surface area (Å²) in [7, 11) is 0. The molecular weight excluding hydrogens is 331 g/mol. The molecule has 0 fully saturated rings. The molecule has 0 unspecified atom stereocenters. The summed E-state index contributed by atoms with van der Waals surface area (Å²) >= 11 is 5.86. The van der Waals surface area contributed by atoms with Crippen LogP contribution in [0.4, 0.5) is 4.39 Å². The monoisotopic (exact) mass is 348 g/mol. The van der Waals surface area contributed by atoms with Crippen LogP contribution in [0.25, 0.3) is 0 Å². The van der Waals surface area contributed by atoms with Gasteiger partial charge < -0.3 is 4.74 Å². The number of halogens is 2. The van der Waals surface area contributed by atoms with E-state index in [1.54, 1.807) is 6.07 Å². The van der Waals surface area contributed by atoms with E-state index in [1.165, 1.54) is 12.1 Å². The predicted octanol–water partition coefficient (Wildman–Crippen LogP) is 4.13. The first-order valence-corrected chi connectivity index (χ1v) is 7.84. The van der Waals surface area contributed by atoms with E-state index < -0.39 is 11.7 Å². The van der Waals surface area contributed by atoms with E-state index in [4.69, 9.17) is 16.3 Å². The van der Waals surface area contributed by atoms with Crippen LogP contribution in [0, 0.1) is 5.82 Å². The number of carbonyl (C=O) groups excluding carboxylic acids is 1. The van der Waals surface area contributed by atoms with Crippen molar-refractivity contribution in [2.75, 3.05) is 6.61 Å². The fourth-order valence-corrected chi connectivity index (χ4v) is 2.28. The lowest BCUT2D eigenvalue weighted by molar-refractivity contribution is -0.123. The highest BCUT2D eigenvalue weighted by molar-refractivity contribution is 6.33. The number of carbonyl (C=O) groups is 1. The summed E-state index contributed by atoms with van der Waals surface area (Å²) in [4.78, 5) is 11.8. The fourth-order valence-electron chi connectivity index (χ4n) is 2.07. The molecule has 0 aliphatic rings. The van der Waals surface area contributed by atoms with E-state index in [2.05, 4.69) is 10.5 Å². The number of benzene rings is 2. The van der Waals surface area contributed by atoms with Gasteiger partial charge in [-0.2, -0.15) is 5.10 Å². The van der Waals surface area contributed by atoms with E-state index in [0.717, 1.165) is 11.8 Å². The van der Waals surface area contributed by atoms with E-state index >= 15 is 0 Å². The summed E-state index contributed by atoms with van der Waals surface area (Å²) in [5.74, 6) is -0.0193. The third-order valence-corrected chi connectivity index (χ3v) is 3.61. The second kappa shape index (κ2) is 8.45. The van der Waals surface area contributed by atoms with Crippen LogP contribution >= 0.6 is 11.6 Å². The summed E-state index contributed by atoms with van der Waals surface area (Å²) in [6, 6.07) is 11.8. The number of hydrazone groups is 1. The first kappa shape index (κ1) is 17.9. The summed E-state index contributed by atoms with van der Waals surface area (Å²) in [5.41, 5.74) is 3.42. The molecule has 0 heterocycles. The van der Waals surface area contributed by atoms with Crippen molar-refractivity contribution in [3.05, 3.63) is 64.4 Å². The molecule has 6 heteroatoms. The number of para-hydroxylation sites is 1. The Balaban J connectivity index is 1.92. The zero-order chi connectivity index (χ0) is 17.5. The minimum atomic E-state index is -0.511. The standard InChI is InChI=1S/C18H18ClFN2O2/c1-12(2)13-6-3-4-9-17(13)24-11-18(23)22-21-10-14-15(19)7-5-8-16(14)20/h3-10,12H,11H2,1-2H3,(H,22,23)/b21-10+. The molecule has 1 amide bonds. The molecule has 2 rings (SSSR count). The van der Waals surface area contributed by atoms with Gasteiger partial charge in [-0.05, 0) is 29.7 Å².